The van der Waals surface area contributed by atoms with E-state index in [1.54, 1.807) is 43.8 Å². The van der Waals surface area contributed by atoms with Gasteiger partial charge in [0.1, 0.15) is 5.69 Å². The molecule has 0 aliphatic rings. The first-order valence-electron chi connectivity index (χ1n) is 12.2. The highest BCUT2D eigenvalue weighted by molar-refractivity contribution is 8.00. The number of benzene rings is 3. The van der Waals surface area contributed by atoms with E-state index in [0.29, 0.717) is 33.1 Å². The Morgan fingerprint density at radius 3 is 2.24 bits per heavy atom. The Kier molecular flexibility index (Phi) is 6.77. The van der Waals surface area contributed by atoms with Crippen LogP contribution >= 0.6 is 11.8 Å². The van der Waals surface area contributed by atoms with Gasteiger partial charge < -0.3 is 5.32 Å². The standard InChI is InChI=1S/C29H27N5O3S/c1-18-14-16-21(17-15-18)33-27(36)23-12-8-9-13-24(23)30-29(33)38-20(3)26(35)31-25-19(2)32(4)34(28(25)37)22-10-6-5-7-11-22/h5-17,20H,1-4H3,(H,31,35). The summed E-state index contributed by atoms with van der Waals surface area (Å²) >= 11 is 1.17. The Bertz CT molecular complexity index is 1770. The Morgan fingerprint density at radius 1 is 0.868 bits per heavy atom. The number of amides is 1. The molecule has 1 N–H and O–H groups in total. The molecule has 38 heavy (non-hydrogen) atoms. The van der Waals surface area contributed by atoms with Crippen LogP contribution in [0.4, 0.5) is 5.69 Å². The third-order valence-corrected chi connectivity index (χ3v) is 7.54. The molecule has 1 unspecified atom stereocenters. The lowest BCUT2D eigenvalue weighted by Gasteiger charge is -2.16. The van der Waals surface area contributed by atoms with Crippen LogP contribution < -0.4 is 16.4 Å². The van der Waals surface area contributed by atoms with Gasteiger partial charge in [0.25, 0.3) is 11.1 Å². The molecule has 1 amide bonds. The van der Waals surface area contributed by atoms with Crippen LogP contribution in [0.25, 0.3) is 22.3 Å². The minimum absolute atomic E-state index is 0.209. The predicted octanol–water partition coefficient (Wildman–Crippen LogP) is 4.61. The van der Waals surface area contributed by atoms with Gasteiger partial charge in [-0.1, -0.05) is 59.8 Å². The van der Waals surface area contributed by atoms with E-state index in [1.165, 1.54) is 21.0 Å². The fraction of sp³-hybridized carbons (Fsp3) is 0.172. The fourth-order valence-corrected chi connectivity index (χ4v) is 5.19. The van der Waals surface area contributed by atoms with Crippen molar-refractivity contribution in [1.29, 1.82) is 0 Å². The highest BCUT2D eigenvalue weighted by Gasteiger charge is 2.24. The first-order valence-corrected chi connectivity index (χ1v) is 13.0. The number of anilines is 1. The van der Waals surface area contributed by atoms with Gasteiger partial charge in [0, 0.05) is 7.05 Å². The van der Waals surface area contributed by atoms with Gasteiger partial charge in [-0.15, -0.1) is 0 Å². The number of fused-ring (bicyclic) bond motifs is 1. The summed E-state index contributed by atoms with van der Waals surface area (Å²) in [6, 6.07) is 24.0. The minimum atomic E-state index is -0.649. The molecule has 9 heteroatoms. The molecular formula is C29H27N5O3S. The zero-order valence-corrected chi connectivity index (χ0v) is 22.3. The van der Waals surface area contributed by atoms with Crippen LogP contribution in [0.15, 0.2) is 93.6 Å². The minimum Gasteiger partial charge on any atom is -0.319 e. The molecule has 0 bridgehead atoms. The highest BCUT2D eigenvalue weighted by Crippen LogP contribution is 2.26. The molecule has 192 valence electrons. The summed E-state index contributed by atoms with van der Waals surface area (Å²) < 4.78 is 4.76. The van der Waals surface area contributed by atoms with Gasteiger partial charge in [-0.3, -0.25) is 23.6 Å². The molecule has 3 aromatic carbocycles. The predicted molar refractivity (Wildman–Crippen MR) is 152 cm³/mol. The molecule has 0 fully saturated rings. The van der Waals surface area contributed by atoms with Gasteiger partial charge in [-0.25, -0.2) is 9.67 Å². The second-order valence-electron chi connectivity index (χ2n) is 9.07. The molecule has 8 nitrogen and oxygen atoms in total. The number of hydrogen-bond donors (Lipinski definition) is 1. The van der Waals surface area contributed by atoms with Crippen LogP contribution in [-0.4, -0.2) is 30.1 Å². The lowest BCUT2D eigenvalue weighted by atomic mass is 10.2. The summed E-state index contributed by atoms with van der Waals surface area (Å²) in [6.07, 6.45) is 0. The van der Waals surface area contributed by atoms with E-state index < -0.39 is 5.25 Å². The van der Waals surface area contributed by atoms with Crippen LogP contribution in [0, 0.1) is 13.8 Å². The quantitative estimate of drug-likeness (QED) is 0.258. The largest absolute Gasteiger partial charge is 0.319 e. The van der Waals surface area contributed by atoms with E-state index in [1.807, 2.05) is 67.6 Å². The van der Waals surface area contributed by atoms with Crippen LogP contribution in [0.2, 0.25) is 0 Å². The average molecular weight is 526 g/mol. The summed E-state index contributed by atoms with van der Waals surface area (Å²) in [5, 5.41) is 3.06. The van der Waals surface area contributed by atoms with Crippen molar-refractivity contribution in [2.75, 3.05) is 5.32 Å². The lowest BCUT2D eigenvalue weighted by molar-refractivity contribution is -0.115. The van der Waals surface area contributed by atoms with Gasteiger partial charge in [0.2, 0.25) is 5.91 Å². The maximum atomic E-state index is 13.5. The molecule has 5 rings (SSSR count). The van der Waals surface area contributed by atoms with E-state index in [9.17, 15) is 14.4 Å². The summed E-state index contributed by atoms with van der Waals surface area (Å²) in [4.78, 5) is 44.8. The van der Waals surface area contributed by atoms with Gasteiger partial charge in [0.15, 0.2) is 5.16 Å². The van der Waals surface area contributed by atoms with Crippen molar-refractivity contribution in [1.82, 2.24) is 18.9 Å². The smallest absolute Gasteiger partial charge is 0.295 e. The monoisotopic (exact) mass is 525 g/mol. The van der Waals surface area contributed by atoms with E-state index >= 15 is 0 Å². The second kappa shape index (κ2) is 10.2. The first kappa shape index (κ1) is 25.3. The van der Waals surface area contributed by atoms with E-state index in [4.69, 9.17) is 4.98 Å². The average Bonchev–Trinajstić information content (AvgIpc) is 3.13. The van der Waals surface area contributed by atoms with Gasteiger partial charge in [0.05, 0.1) is 33.2 Å². The molecule has 0 saturated carbocycles. The summed E-state index contributed by atoms with van der Waals surface area (Å²) in [6.45, 7) is 5.49. The fourth-order valence-electron chi connectivity index (χ4n) is 4.26. The number of hydrogen-bond acceptors (Lipinski definition) is 5. The van der Waals surface area contributed by atoms with Gasteiger partial charge >= 0.3 is 0 Å². The molecule has 0 radical (unpaired) electrons. The van der Waals surface area contributed by atoms with Crippen molar-refractivity contribution < 1.29 is 4.79 Å². The molecule has 0 aliphatic carbocycles. The molecule has 5 aromatic rings. The topological polar surface area (TPSA) is 90.9 Å². The number of nitrogens with one attached hydrogen (secondary N) is 1. The van der Waals surface area contributed by atoms with Crippen molar-refractivity contribution in [2.45, 2.75) is 31.2 Å². The number of aryl methyl sites for hydroxylation is 1. The molecule has 2 heterocycles. The Hall–Kier alpha value is -4.37. The zero-order valence-electron chi connectivity index (χ0n) is 21.5. The van der Waals surface area contributed by atoms with Crippen molar-refractivity contribution in [2.24, 2.45) is 7.05 Å². The van der Waals surface area contributed by atoms with Crippen LogP contribution in [0.3, 0.4) is 0 Å². The molecule has 2 aromatic heterocycles. The zero-order chi connectivity index (χ0) is 27.0. The normalized spacial score (nSPS) is 12.0. The van der Waals surface area contributed by atoms with E-state index in [-0.39, 0.29) is 22.7 Å². The number of nitrogens with zero attached hydrogens (tertiary/aromatic N) is 4. The number of para-hydroxylation sites is 2. The first-order chi connectivity index (χ1) is 18.3. The van der Waals surface area contributed by atoms with Crippen molar-refractivity contribution in [3.63, 3.8) is 0 Å². The molecular weight excluding hydrogens is 498 g/mol. The van der Waals surface area contributed by atoms with Crippen molar-refractivity contribution in [3.8, 4) is 11.4 Å². The second-order valence-corrected chi connectivity index (χ2v) is 10.4. The van der Waals surface area contributed by atoms with Crippen molar-refractivity contribution in [3.05, 3.63) is 111 Å². The number of aromatic nitrogens is 4. The molecule has 1 atom stereocenters. The summed E-state index contributed by atoms with van der Waals surface area (Å²) in [5.41, 5.74) is 3.31. The molecule has 0 saturated heterocycles. The number of carbonyl (C=O) groups excluding carboxylic acids is 1. The number of thioether (sulfide) groups is 1. The third kappa shape index (κ3) is 4.56. The van der Waals surface area contributed by atoms with E-state index in [2.05, 4.69) is 5.32 Å². The summed E-state index contributed by atoms with van der Waals surface area (Å²) in [7, 11) is 1.77. The number of rotatable bonds is 6. The SMILES string of the molecule is Cc1ccc(-n2c(SC(C)C(=O)Nc3c(C)n(C)n(-c4ccccc4)c3=O)nc3ccccc3c2=O)cc1. The van der Waals surface area contributed by atoms with E-state index in [0.717, 1.165) is 5.56 Å². The van der Waals surface area contributed by atoms with Gasteiger partial charge in [-0.05, 0) is 57.2 Å². The molecule has 0 aliphatic heterocycles. The summed E-state index contributed by atoms with van der Waals surface area (Å²) in [5.74, 6) is -0.362. The van der Waals surface area contributed by atoms with Crippen LogP contribution in [0.1, 0.15) is 18.2 Å². The van der Waals surface area contributed by atoms with Crippen molar-refractivity contribution >= 4 is 34.3 Å². The van der Waals surface area contributed by atoms with Gasteiger partial charge in [-0.2, -0.15) is 0 Å². The Labute approximate surface area is 223 Å². The van der Waals surface area contributed by atoms with Crippen LogP contribution in [-0.2, 0) is 11.8 Å². The lowest BCUT2D eigenvalue weighted by Crippen LogP contribution is -2.28. The van der Waals surface area contributed by atoms with Crippen LogP contribution in [0.5, 0.6) is 0 Å². The maximum Gasteiger partial charge on any atom is 0.295 e. The highest BCUT2D eigenvalue weighted by atomic mass is 32.2. The Balaban J connectivity index is 1.49. The maximum absolute atomic E-state index is 13.5. The molecule has 0 spiro atoms. The third-order valence-electron chi connectivity index (χ3n) is 6.49. The Morgan fingerprint density at radius 2 is 1.53 bits per heavy atom. The number of carbonyl (C=O) groups is 1.